The first kappa shape index (κ1) is 13.8. The molecule has 1 heterocycles. The number of rotatable bonds is 6. The van der Waals surface area contributed by atoms with Gasteiger partial charge in [0.2, 0.25) is 0 Å². The summed E-state index contributed by atoms with van der Waals surface area (Å²) in [5, 5.41) is 0. The highest BCUT2D eigenvalue weighted by Gasteiger charge is 2.10. The van der Waals surface area contributed by atoms with Crippen LogP contribution in [0.2, 0.25) is 0 Å². The highest BCUT2D eigenvalue weighted by Crippen LogP contribution is 2.25. The zero-order valence-corrected chi connectivity index (χ0v) is 11.5. The van der Waals surface area contributed by atoms with Crippen molar-refractivity contribution in [2.24, 2.45) is 0 Å². The van der Waals surface area contributed by atoms with Crippen molar-refractivity contribution in [1.29, 1.82) is 0 Å². The maximum Gasteiger partial charge on any atom is 0.0219 e. The molecule has 1 aliphatic rings. The van der Waals surface area contributed by atoms with Crippen molar-refractivity contribution in [2.75, 3.05) is 6.54 Å². The van der Waals surface area contributed by atoms with E-state index in [1.165, 1.54) is 29.6 Å². The number of hydrogen-bond acceptors (Lipinski definition) is 1. The van der Waals surface area contributed by atoms with Crippen molar-refractivity contribution in [3.05, 3.63) is 47.9 Å². The van der Waals surface area contributed by atoms with Gasteiger partial charge < -0.3 is 4.90 Å². The van der Waals surface area contributed by atoms with Gasteiger partial charge in [0.25, 0.3) is 0 Å². The van der Waals surface area contributed by atoms with Gasteiger partial charge in [-0.25, -0.2) is 0 Å². The molecule has 1 rings (SSSR count). The Hall–Kier alpha value is -1.24. The summed E-state index contributed by atoms with van der Waals surface area (Å²) >= 11 is 0. The third kappa shape index (κ3) is 4.26. The maximum atomic E-state index is 3.90. The van der Waals surface area contributed by atoms with Crippen LogP contribution in [-0.2, 0) is 0 Å². The Labute approximate surface area is 106 Å². The number of hydrogen-bond donors (Lipinski definition) is 0. The summed E-state index contributed by atoms with van der Waals surface area (Å²) in [4.78, 5) is 2.31. The molecule has 1 aliphatic heterocycles. The van der Waals surface area contributed by atoms with Crippen LogP contribution in [0, 0.1) is 0 Å². The molecule has 0 aromatic carbocycles. The van der Waals surface area contributed by atoms with Crippen LogP contribution in [0.4, 0.5) is 0 Å². The fourth-order valence-corrected chi connectivity index (χ4v) is 2.03. The molecule has 1 nitrogen and oxygen atoms in total. The zero-order chi connectivity index (χ0) is 12.7. The van der Waals surface area contributed by atoms with Crippen LogP contribution in [0.15, 0.2) is 47.9 Å². The molecule has 0 unspecified atom stereocenters. The fourth-order valence-electron chi connectivity index (χ4n) is 2.03. The van der Waals surface area contributed by atoms with Gasteiger partial charge in [-0.3, -0.25) is 0 Å². The van der Waals surface area contributed by atoms with E-state index in [9.17, 15) is 0 Å². The van der Waals surface area contributed by atoms with Crippen LogP contribution in [0.1, 0.15) is 46.5 Å². The van der Waals surface area contributed by atoms with Crippen LogP contribution in [-0.4, -0.2) is 11.4 Å². The molecule has 17 heavy (non-hydrogen) atoms. The Morgan fingerprint density at radius 1 is 1.41 bits per heavy atom. The monoisotopic (exact) mass is 231 g/mol. The van der Waals surface area contributed by atoms with Crippen LogP contribution in [0.5, 0.6) is 0 Å². The van der Waals surface area contributed by atoms with Crippen molar-refractivity contribution < 1.29 is 0 Å². The van der Waals surface area contributed by atoms with Gasteiger partial charge >= 0.3 is 0 Å². The topological polar surface area (TPSA) is 3.24 Å². The summed E-state index contributed by atoms with van der Waals surface area (Å²) in [5.41, 5.74) is 4.16. The molecule has 0 spiro atoms. The Bertz CT molecular complexity index is 345. The minimum absolute atomic E-state index is 1.02. The van der Waals surface area contributed by atoms with E-state index in [1.807, 2.05) is 6.08 Å². The molecule has 0 N–H and O–H groups in total. The van der Waals surface area contributed by atoms with Gasteiger partial charge in [-0.2, -0.15) is 0 Å². The molecule has 0 radical (unpaired) electrons. The van der Waals surface area contributed by atoms with Gasteiger partial charge in [0.15, 0.2) is 0 Å². The lowest BCUT2D eigenvalue weighted by Gasteiger charge is -2.24. The molecule has 0 aromatic heterocycles. The third-order valence-electron chi connectivity index (χ3n) is 3.10. The van der Waals surface area contributed by atoms with Gasteiger partial charge in [-0.15, -0.1) is 0 Å². The minimum Gasteiger partial charge on any atom is -0.354 e. The van der Waals surface area contributed by atoms with E-state index in [0.717, 1.165) is 19.4 Å². The van der Waals surface area contributed by atoms with Gasteiger partial charge in [0.05, 0.1) is 0 Å². The smallest absolute Gasteiger partial charge is 0.0219 e. The van der Waals surface area contributed by atoms with Crippen molar-refractivity contribution in [3.63, 3.8) is 0 Å². The van der Waals surface area contributed by atoms with E-state index in [1.54, 1.807) is 0 Å². The summed E-state index contributed by atoms with van der Waals surface area (Å²) in [6, 6.07) is 0. The molecule has 0 fully saturated rings. The normalized spacial score (nSPS) is 16.6. The standard InChI is InChI=1S/C16H25N/c1-5-8-10-17-12-15(7-3)11-16(13-17)14(4)9-6-2/h7,9,12-13H,3,5-6,8,10-11H2,1-2,4H3/b14-9-. The SMILES string of the molecule is C=CC1=CN(CCCC)C=C(/C(C)=C\CC)C1. The molecule has 0 saturated carbocycles. The second-order valence-electron chi connectivity index (χ2n) is 4.63. The second kappa shape index (κ2) is 7.16. The fraction of sp³-hybridized carbons (Fsp3) is 0.500. The molecular formula is C16H25N. The molecule has 0 aromatic rings. The van der Waals surface area contributed by atoms with Gasteiger partial charge in [0.1, 0.15) is 0 Å². The van der Waals surface area contributed by atoms with Gasteiger partial charge in [0, 0.05) is 25.4 Å². The first-order valence-corrected chi connectivity index (χ1v) is 6.68. The molecule has 1 heteroatoms. The third-order valence-corrected chi connectivity index (χ3v) is 3.10. The summed E-state index contributed by atoms with van der Waals surface area (Å²) in [6.45, 7) is 11.6. The average molecular weight is 231 g/mol. The first-order valence-electron chi connectivity index (χ1n) is 6.68. The molecule has 0 aliphatic carbocycles. The Morgan fingerprint density at radius 2 is 2.18 bits per heavy atom. The lowest BCUT2D eigenvalue weighted by atomic mass is 9.97. The Morgan fingerprint density at radius 3 is 2.76 bits per heavy atom. The molecule has 0 saturated heterocycles. The van der Waals surface area contributed by atoms with E-state index in [2.05, 4.69) is 50.7 Å². The van der Waals surface area contributed by atoms with Crippen LogP contribution in [0.25, 0.3) is 0 Å². The van der Waals surface area contributed by atoms with Crippen molar-refractivity contribution in [3.8, 4) is 0 Å². The summed E-state index contributed by atoms with van der Waals surface area (Å²) in [7, 11) is 0. The quantitative estimate of drug-likeness (QED) is 0.634. The molecule has 0 amide bonds. The van der Waals surface area contributed by atoms with E-state index >= 15 is 0 Å². The highest BCUT2D eigenvalue weighted by atomic mass is 15.1. The summed E-state index contributed by atoms with van der Waals surface area (Å²) in [6.07, 6.45) is 13.4. The van der Waals surface area contributed by atoms with Gasteiger partial charge in [-0.1, -0.05) is 44.6 Å². The molecule has 0 bridgehead atoms. The van der Waals surface area contributed by atoms with Crippen molar-refractivity contribution in [1.82, 2.24) is 4.90 Å². The van der Waals surface area contributed by atoms with Crippen molar-refractivity contribution in [2.45, 2.75) is 46.5 Å². The minimum atomic E-state index is 1.02. The van der Waals surface area contributed by atoms with Crippen LogP contribution in [0.3, 0.4) is 0 Å². The van der Waals surface area contributed by atoms with E-state index < -0.39 is 0 Å². The van der Waals surface area contributed by atoms with E-state index in [0.29, 0.717) is 0 Å². The lowest BCUT2D eigenvalue weighted by molar-refractivity contribution is 0.471. The molecule has 94 valence electrons. The highest BCUT2D eigenvalue weighted by molar-refractivity contribution is 5.38. The summed E-state index contributed by atoms with van der Waals surface area (Å²) in [5.74, 6) is 0. The number of unbranched alkanes of at least 4 members (excludes halogenated alkanes) is 1. The van der Waals surface area contributed by atoms with Crippen LogP contribution >= 0.6 is 0 Å². The predicted octanol–water partition coefficient (Wildman–Crippen LogP) is 4.80. The maximum absolute atomic E-state index is 3.90. The van der Waals surface area contributed by atoms with Crippen LogP contribution < -0.4 is 0 Å². The number of nitrogens with zero attached hydrogens (tertiary/aromatic N) is 1. The summed E-state index contributed by atoms with van der Waals surface area (Å²) < 4.78 is 0. The Balaban J connectivity index is 2.81. The zero-order valence-electron chi connectivity index (χ0n) is 11.5. The lowest BCUT2D eigenvalue weighted by Crippen LogP contribution is -2.16. The predicted molar refractivity (Wildman–Crippen MR) is 76.6 cm³/mol. The van der Waals surface area contributed by atoms with Gasteiger partial charge in [-0.05, 0) is 30.9 Å². The Kier molecular flexibility index (Phi) is 5.82. The van der Waals surface area contributed by atoms with E-state index in [-0.39, 0.29) is 0 Å². The average Bonchev–Trinajstić information content (AvgIpc) is 2.36. The molecular weight excluding hydrogens is 206 g/mol. The second-order valence-corrected chi connectivity index (χ2v) is 4.63. The first-order chi connectivity index (χ1) is 8.21. The molecule has 0 atom stereocenters. The van der Waals surface area contributed by atoms with Crippen molar-refractivity contribution >= 4 is 0 Å². The largest absolute Gasteiger partial charge is 0.354 e. The number of allylic oxidation sites excluding steroid dienone is 5. The van der Waals surface area contributed by atoms with E-state index in [4.69, 9.17) is 0 Å².